The standard InChI is InChI=1S/C20H16ClFN2/c1-23-10-9-20-18(13-23)17-12-15(21)4-7-19(17)24(20)11-8-14-2-5-16(22)6-3-14/h2-7,12H,9-10,13H2,1H3. The Morgan fingerprint density at radius 3 is 2.71 bits per heavy atom. The van der Waals surface area contributed by atoms with Crippen LogP contribution in [0.1, 0.15) is 16.8 Å². The molecule has 2 heterocycles. The predicted octanol–water partition coefficient (Wildman–Crippen LogP) is 4.28. The number of nitrogens with zero attached hydrogens (tertiary/aromatic N) is 2. The average molecular weight is 339 g/mol. The Bertz CT molecular complexity index is 977. The van der Waals surface area contributed by atoms with Crippen molar-refractivity contribution in [2.45, 2.75) is 13.0 Å². The first-order valence-electron chi connectivity index (χ1n) is 7.89. The van der Waals surface area contributed by atoms with Crippen molar-refractivity contribution in [2.75, 3.05) is 13.6 Å². The average Bonchev–Trinajstić information content (AvgIpc) is 2.87. The molecule has 0 amide bonds. The van der Waals surface area contributed by atoms with Gasteiger partial charge >= 0.3 is 0 Å². The molecule has 0 saturated carbocycles. The molecule has 0 atom stereocenters. The van der Waals surface area contributed by atoms with Crippen LogP contribution in [-0.4, -0.2) is 23.1 Å². The normalized spacial score (nSPS) is 14.3. The highest BCUT2D eigenvalue weighted by Crippen LogP contribution is 2.31. The number of halogens is 2. The van der Waals surface area contributed by atoms with Gasteiger partial charge in [0.1, 0.15) is 5.82 Å². The van der Waals surface area contributed by atoms with Crippen LogP contribution in [0, 0.1) is 17.8 Å². The molecule has 0 spiro atoms. The minimum atomic E-state index is -0.248. The Morgan fingerprint density at radius 2 is 1.92 bits per heavy atom. The minimum Gasteiger partial charge on any atom is -0.302 e. The van der Waals surface area contributed by atoms with E-state index in [0.29, 0.717) is 0 Å². The monoisotopic (exact) mass is 338 g/mol. The summed E-state index contributed by atoms with van der Waals surface area (Å²) in [5, 5.41) is 1.90. The van der Waals surface area contributed by atoms with Gasteiger partial charge < -0.3 is 4.90 Å². The molecule has 0 aliphatic carbocycles. The third-order valence-electron chi connectivity index (χ3n) is 4.46. The van der Waals surface area contributed by atoms with E-state index in [0.717, 1.165) is 41.0 Å². The molecule has 0 bridgehead atoms. The van der Waals surface area contributed by atoms with Gasteiger partial charge in [-0.2, -0.15) is 0 Å². The lowest BCUT2D eigenvalue weighted by atomic mass is 10.1. The van der Waals surface area contributed by atoms with Gasteiger partial charge in [-0.3, -0.25) is 4.57 Å². The van der Waals surface area contributed by atoms with Gasteiger partial charge in [0.05, 0.1) is 5.52 Å². The molecule has 1 aliphatic heterocycles. The van der Waals surface area contributed by atoms with Crippen LogP contribution in [0.4, 0.5) is 4.39 Å². The van der Waals surface area contributed by atoms with Crippen LogP contribution in [0.5, 0.6) is 0 Å². The summed E-state index contributed by atoms with van der Waals surface area (Å²) in [7, 11) is 2.13. The van der Waals surface area contributed by atoms with Gasteiger partial charge in [-0.15, -0.1) is 0 Å². The maximum atomic E-state index is 13.0. The second kappa shape index (κ2) is 5.98. The fraction of sp³-hybridized carbons (Fsp3) is 0.200. The van der Waals surface area contributed by atoms with Gasteiger partial charge in [0.15, 0.2) is 0 Å². The first kappa shape index (κ1) is 15.3. The predicted molar refractivity (Wildman–Crippen MR) is 95.7 cm³/mol. The van der Waals surface area contributed by atoms with E-state index < -0.39 is 0 Å². The second-order valence-corrected chi connectivity index (χ2v) is 6.59. The van der Waals surface area contributed by atoms with Crippen molar-refractivity contribution in [3.8, 4) is 12.0 Å². The van der Waals surface area contributed by atoms with Crippen molar-refractivity contribution < 1.29 is 4.39 Å². The molecule has 0 saturated heterocycles. The first-order valence-corrected chi connectivity index (χ1v) is 8.27. The lowest BCUT2D eigenvalue weighted by Crippen LogP contribution is -2.27. The number of likely N-dealkylation sites (N-methyl/N-ethyl adjacent to an activating group) is 1. The summed E-state index contributed by atoms with van der Waals surface area (Å²) in [5.74, 6) is 2.89. The summed E-state index contributed by atoms with van der Waals surface area (Å²) in [6.07, 6.45) is 0.955. The minimum absolute atomic E-state index is 0.248. The summed E-state index contributed by atoms with van der Waals surface area (Å²) in [5.41, 5.74) is 4.43. The van der Waals surface area contributed by atoms with Crippen LogP contribution in [0.25, 0.3) is 10.9 Å². The summed E-state index contributed by atoms with van der Waals surface area (Å²) in [4.78, 5) is 2.31. The molecule has 4 heteroatoms. The van der Waals surface area contributed by atoms with E-state index in [1.165, 1.54) is 23.4 Å². The SMILES string of the molecule is CN1CCc2c(c3cc(Cl)ccc3n2C#Cc2ccc(F)cc2)C1. The van der Waals surface area contributed by atoms with Crippen LogP contribution < -0.4 is 0 Å². The van der Waals surface area contributed by atoms with E-state index in [-0.39, 0.29) is 5.82 Å². The third-order valence-corrected chi connectivity index (χ3v) is 4.69. The van der Waals surface area contributed by atoms with Crippen LogP contribution in [0.3, 0.4) is 0 Å². The molecule has 0 unspecified atom stereocenters. The van der Waals surface area contributed by atoms with Crippen LogP contribution in [0.15, 0.2) is 42.5 Å². The van der Waals surface area contributed by atoms with Crippen molar-refractivity contribution in [1.29, 1.82) is 0 Å². The van der Waals surface area contributed by atoms with Gasteiger partial charge in [-0.25, -0.2) is 4.39 Å². The molecular formula is C20H16ClFN2. The Hall–Kier alpha value is -2.28. The van der Waals surface area contributed by atoms with Crippen molar-refractivity contribution in [3.63, 3.8) is 0 Å². The zero-order valence-corrected chi connectivity index (χ0v) is 14.1. The summed E-state index contributed by atoms with van der Waals surface area (Å²) in [6.45, 7) is 1.91. The molecule has 0 fully saturated rings. The van der Waals surface area contributed by atoms with Crippen LogP contribution in [-0.2, 0) is 13.0 Å². The fourth-order valence-electron chi connectivity index (χ4n) is 3.25. The summed E-state index contributed by atoms with van der Waals surface area (Å²) < 4.78 is 15.1. The first-order chi connectivity index (χ1) is 11.6. The molecule has 120 valence electrons. The maximum absolute atomic E-state index is 13.0. The number of benzene rings is 2. The molecule has 0 N–H and O–H groups in total. The molecule has 1 aromatic heterocycles. The lowest BCUT2D eigenvalue weighted by molar-refractivity contribution is 0.311. The Kier molecular flexibility index (Phi) is 3.80. The molecule has 24 heavy (non-hydrogen) atoms. The quantitative estimate of drug-likeness (QED) is 0.555. The van der Waals surface area contributed by atoms with E-state index in [4.69, 9.17) is 11.6 Å². The van der Waals surface area contributed by atoms with Gasteiger partial charge in [0, 0.05) is 47.2 Å². The highest BCUT2D eigenvalue weighted by Gasteiger charge is 2.21. The van der Waals surface area contributed by atoms with E-state index in [1.54, 1.807) is 12.1 Å². The van der Waals surface area contributed by atoms with Crippen molar-refractivity contribution >= 4 is 22.5 Å². The van der Waals surface area contributed by atoms with Gasteiger partial charge in [-0.1, -0.05) is 11.6 Å². The lowest BCUT2D eigenvalue weighted by Gasteiger charge is -2.23. The number of fused-ring (bicyclic) bond motifs is 3. The van der Waals surface area contributed by atoms with E-state index in [1.807, 2.05) is 18.2 Å². The van der Waals surface area contributed by atoms with Crippen molar-refractivity contribution in [2.24, 2.45) is 0 Å². The van der Waals surface area contributed by atoms with E-state index in [9.17, 15) is 4.39 Å². The molecular weight excluding hydrogens is 323 g/mol. The number of aromatic nitrogens is 1. The number of rotatable bonds is 0. The highest BCUT2D eigenvalue weighted by atomic mass is 35.5. The Morgan fingerprint density at radius 1 is 1.12 bits per heavy atom. The number of hydrogen-bond acceptors (Lipinski definition) is 1. The van der Waals surface area contributed by atoms with Crippen molar-refractivity contribution in [1.82, 2.24) is 9.47 Å². The van der Waals surface area contributed by atoms with Gasteiger partial charge in [-0.05, 0) is 61.0 Å². The van der Waals surface area contributed by atoms with Gasteiger partial charge in [0.25, 0.3) is 0 Å². The third kappa shape index (κ3) is 2.69. The van der Waals surface area contributed by atoms with Gasteiger partial charge in [0.2, 0.25) is 0 Å². The molecule has 2 aromatic carbocycles. The summed E-state index contributed by atoms with van der Waals surface area (Å²) >= 11 is 6.20. The zero-order valence-electron chi connectivity index (χ0n) is 13.3. The Balaban J connectivity index is 1.88. The molecule has 3 aromatic rings. The van der Waals surface area contributed by atoms with Crippen LogP contribution >= 0.6 is 11.6 Å². The fourth-order valence-corrected chi connectivity index (χ4v) is 3.42. The van der Waals surface area contributed by atoms with E-state index in [2.05, 4.69) is 28.5 Å². The smallest absolute Gasteiger partial charge is 0.123 e. The molecule has 2 nitrogen and oxygen atoms in total. The molecule has 1 aliphatic rings. The number of hydrogen-bond donors (Lipinski definition) is 0. The highest BCUT2D eigenvalue weighted by molar-refractivity contribution is 6.31. The summed E-state index contributed by atoms with van der Waals surface area (Å²) in [6, 6.07) is 15.5. The topological polar surface area (TPSA) is 8.17 Å². The molecule has 0 radical (unpaired) electrons. The molecule has 4 rings (SSSR count). The maximum Gasteiger partial charge on any atom is 0.123 e. The Labute approximate surface area is 145 Å². The van der Waals surface area contributed by atoms with E-state index >= 15 is 0 Å². The van der Waals surface area contributed by atoms with Crippen molar-refractivity contribution in [3.05, 3.63) is 70.1 Å². The largest absolute Gasteiger partial charge is 0.302 e. The van der Waals surface area contributed by atoms with Crippen LogP contribution in [0.2, 0.25) is 5.02 Å². The zero-order chi connectivity index (χ0) is 16.7. The second-order valence-electron chi connectivity index (χ2n) is 6.15.